The molecule has 0 fully saturated rings. The van der Waals surface area contributed by atoms with Gasteiger partial charge < -0.3 is 5.32 Å². The highest BCUT2D eigenvalue weighted by atomic mass is 35.5. The van der Waals surface area contributed by atoms with Gasteiger partial charge in [-0.3, -0.25) is 15.1 Å². The Morgan fingerprint density at radius 3 is 2.41 bits per heavy atom. The van der Waals surface area contributed by atoms with Crippen molar-refractivity contribution in [3.63, 3.8) is 0 Å². The number of hydrogen-bond acceptors (Lipinski definition) is 4. The quantitative estimate of drug-likeness (QED) is 0.638. The van der Waals surface area contributed by atoms with Crippen LogP contribution in [-0.2, 0) is 6.42 Å². The van der Waals surface area contributed by atoms with Gasteiger partial charge in [0.15, 0.2) is 0 Å². The number of nitrogens with one attached hydrogen (secondary N) is 1. The highest BCUT2D eigenvalue weighted by Gasteiger charge is 2.19. The first-order chi connectivity index (χ1) is 10.0. The van der Waals surface area contributed by atoms with Gasteiger partial charge in [-0.15, -0.1) is 12.4 Å². The molecule has 0 bridgehead atoms. The second-order valence-electron chi connectivity index (χ2n) is 5.07. The second kappa shape index (κ2) is 7.75. The van der Waals surface area contributed by atoms with Gasteiger partial charge in [-0.1, -0.05) is 25.5 Å². The maximum Gasteiger partial charge on any atom is 0.313 e. The Balaban J connectivity index is 0.00000242. The minimum absolute atomic E-state index is 0. The Kier molecular flexibility index (Phi) is 6.31. The summed E-state index contributed by atoms with van der Waals surface area (Å²) in [6.45, 7) is 5.62. The zero-order valence-electron chi connectivity index (χ0n) is 12.9. The molecular formula is C16H20ClN3O2. The standard InChI is InChI=1S/C16H19N3O2.ClH/c1-4-5-13-6-8-14(9-7-13)18-15-10-11(2)17-12(3)16(15)19(20)21;/h6-10H,4-5H2,1-3H3,(H,17,18);1H. The van der Waals surface area contributed by atoms with Crippen molar-refractivity contribution in [1.82, 2.24) is 4.98 Å². The number of anilines is 2. The van der Waals surface area contributed by atoms with Gasteiger partial charge in [0.05, 0.1) is 4.92 Å². The fourth-order valence-electron chi connectivity index (χ4n) is 2.35. The third-order valence-corrected chi connectivity index (χ3v) is 3.25. The van der Waals surface area contributed by atoms with E-state index in [0.717, 1.165) is 24.2 Å². The van der Waals surface area contributed by atoms with Crippen molar-refractivity contribution >= 4 is 29.5 Å². The average molecular weight is 322 g/mol. The second-order valence-corrected chi connectivity index (χ2v) is 5.07. The Morgan fingerprint density at radius 1 is 1.23 bits per heavy atom. The smallest absolute Gasteiger partial charge is 0.313 e. The molecule has 0 amide bonds. The number of hydrogen-bond donors (Lipinski definition) is 1. The van der Waals surface area contributed by atoms with Crippen LogP contribution >= 0.6 is 12.4 Å². The van der Waals surface area contributed by atoms with Crippen molar-refractivity contribution in [2.75, 3.05) is 5.32 Å². The fourth-order valence-corrected chi connectivity index (χ4v) is 2.35. The van der Waals surface area contributed by atoms with Gasteiger partial charge in [-0.2, -0.15) is 0 Å². The van der Waals surface area contributed by atoms with E-state index in [0.29, 0.717) is 11.4 Å². The number of benzene rings is 1. The van der Waals surface area contributed by atoms with E-state index in [9.17, 15) is 10.1 Å². The molecule has 1 N–H and O–H groups in total. The number of rotatable bonds is 5. The van der Waals surface area contributed by atoms with Crippen LogP contribution in [0.25, 0.3) is 0 Å². The first kappa shape index (κ1) is 17.9. The van der Waals surface area contributed by atoms with Crippen LogP contribution < -0.4 is 5.32 Å². The van der Waals surface area contributed by atoms with Crippen LogP contribution in [0.5, 0.6) is 0 Å². The molecule has 0 unspecified atom stereocenters. The van der Waals surface area contributed by atoms with Crippen molar-refractivity contribution in [3.8, 4) is 0 Å². The number of pyridine rings is 1. The monoisotopic (exact) mass is 321 g/mol. The number of aryl methyl sites for hydroxylation is 3. The lowest BCUT2D eigenvalue weighted by Crippen LogP contribution is -2.02. The van der Waals surface area contributed by atoms with Crippen molar-refractivity contribution in [2.45, 2.75) is 33.6 Å². The molecule has 5 nitrogen and oxygen atoms in total. The summed E-state index contributed by atoms with van der Waals surface area (Å²) in [6.07, 6.45) is 2.13. The lowest BCUT2D eigenvalue weighted by Gasteiger charge is -2.10. The summed E-state index contributed by atoms with van der Waals surface area (Å²) >= 11 is 0. The van der Waals surface area contributed by atoms with E-state index in [-0.39, 0.29) is 18.1 Å². The van der Waals surface area contributed by atoms with Gasteiger partial charge in [0, 0.05) is 11.4 Å². The van der Waals surface area contributed by atoms with Crippen LogP contribution in [-0.4, -0.2) is 9.91 Å². The predicted molar refractivity (Wildman–Crippen MR) is 91.3 cm³/mol. The van der Waals surface area contributed by atoms with Gasteiger partial charge in [0.1, 0.15) is 11.4 Å². The molecule has 0 aliphatic rings. The molecule has 0 saturated carbocycles. The molecule has 0 aliphatic heterocycles. The molecule has 1 heterocycles. The minimum atomic E-state index is -0.393. The van der Waals surface area contributed by atoms with Crippen molar-refractivity contribution < 1.29 is 4.92 Å². The molecule has 1 aromatic heterocycles. The van der Waals surface area contributed by atoms with Crippen LogP contribution in [0.15, 0.2) is 30.3 Å². The molecule has 2 rings (SSSR count). The molecule has 6 heteroatoms. The number of nitro groups is 1. The van der Waals surface area contributed by atoms with Gasteiger partial charge in [-0.05, 0) is 44.0 Å². The van der Waals surface area contributed by atoms with Crippen molar-refractivity contribution in [1.29, 1.82) is 0 Å². The Bertz CT molecular complexity index is 657. The molecule has 118 valence electrons. The molecule has 2 aromatic rings. The van der Waals surface area contributed by atoms with E-state index in [1.54, 1.807) is 13.0 Å². The van der Waals surface area contributed by atoms with Gasteiger partial charge in [0.2, 0.25) is 0 Å². The summed E-state index contributed by atoms with van der Waals surface area (Å²) in [6, 6.07) is 9.67. The zero-order chi connectivity index (χ0) is 15.4. The SMILES string of the molecule is CCCc1ccc(Nc2cc(C)nc(C)c2[N+](=O)[O-])cc1.Cl. The van der Waals surface area contributed by atoms with E-state index in [2.05, 4.69) is 17.2 Å². The predicted octanol–water partition coefficient (Wildman–Crippen LogP) is 4.72. The first-order valence-corrected chi connectivity index (χ1v) is 7.00. The van der Waals surface area contributed by atoms with E-state index >= 15 is 0 Å². The van der Waals surface area contributed by atoms with Gasteiger partial charge in [-0.25, -0.2) is 0 Å². The van der Waals surface area contributed by atoms with E-state index in [1.165, 1.54) is 5.56 Å². The summed E-state index contributed by atoms with van der Waals surface area (Å²) in [4.78, 5) is 15.0. The Labute approximate surface area is 136 Å². The Morgan fingerprint density at radius 2 is 1.86 bits per heavy atom. The summed E-state index contributed by atoms with van der Waals surface area (Å²) in [5, 5.41) is 14.3. The molecule has 1 aromatic carbocycles. The maximum absolute atomic E-state index is 11.2. The average Bonchev–Trinajstić information content (AvgIpc) is 2.40. The Hall–Kier alpha value is -2.14. The molecule has 22 heavy (non-hydrogen) atoms. The van der Waals surface area contributed by atoms with Crippen LogP contribution in [0.3, 0.4) is 0 Å². The van der Waals surface area contributed by atoms with E-state index in [1.807, 2.05) is 31.2 Å². The highest BCUT2D eigenvalue weighted by Crippen LogP contribution is 2.30. The zero-order valence-corrected chi connectivity index (χ0v) is 13.7. The molecular weight excluding hydrogens is 302 g/mol. The minimum Gasteiger partial charge on any atom is -0.350 e. The molecule has 0 radical (unpaired) electrons. The highest BCUT2D eigenvalue weighted by molar-refractivity contribution is 5.85. The summed E-state index contributed by atoms with van der Waals surface area (Å²) in [5.74, 6) is 0. The summed E-state index contributed by atoms with van der Waals surface area (Å²) in [7, 11) is 0. The normalized spacial score (nSPS) is 9.95. The maximum atomic E-state index is 11.2. The summed E-state index contributed by atoms with van der Waals surface area (Å²) in [5.41, 5.74) is 3.78. The molecule has 0 spiro atoms. The number of halogens is 1. The van der Waals surface area contributed by atoms with E-state index < -0.39 is 4.92 Å². The van der Waals surface area contributed by atoms with Crippen LogP contribution in [0, 0.1) is 24.0 Å². The number of nitrogens with zero attached hydrogens (tertiary/aromatic N) is 2. The largest absolute Gasteiger partial charge is 0.350 e. The third kappa shape index (κ3) is 4.18. The number of aromatic nitrogens is 1. The van der Waals surface area contributed by atoms with Crippen LogP contribution in [0.2, 0.25) is 0 Å². The first-order valence-electron chi connectivity index (χ1n) is 7.00. The molecule has 0 saturated heterocycles. The topological polar surface area (TPSA) is 68.1 Å². The van der Waals surface area contributed by atoms with E-state index in [4.69, 9.17) is 0 Å². The van der Waals surface area contributed by atoms with Crippen LogP contribution in [0.4, 0.5) is 17.1 Å². The van der Waals surface area contributed by atoms with Crippen molar-refractivity contribution in [3.05, 3.63) is 57.4 Å². The molecule has 0 atom stereocenters. The lowest BCUT2D eigenvalue weighted by molar-refractivity contribution is -0.384. The van der Waals surface area contributed by atoms with Gasteiger partial charge in [0.25, 0.3) is 0 Å². The van der Waals surface area contributed by atoms with Crippen molar-refractivity contribution in [2.24, 2.45) is 0 Å². The fraction of sp³-hybridized carbons (Fsp3) is 0.312. The lowest BCUT2D eigenvalue weighted by atomic mass is 10.1. The van der Waals surface area contributed by atoms with Gasteiger partial charge >= 0.3 is 5.69 Å². The summed E-state index contributed by atoms with van der Waals surface area (Å²) < 4.78 is 0. The molecule has 0 aliphatic carbocycles. The van der Waals surface area contributed by atoms with Crippen LogP contribution in [0.1, 0.15) is 30.3 Å². The third-order valence-electron chi connectivity index (χ3n) is 3.25.